The van der Waals surface area contributed by atoms with Crippen LogP contribution in [0.2, 0.25) is 0 Å². The first kappa shape index (κ1) is 30.5. The molecule has 2 amide bonds. The minimum Gasteiger partial charge on any atom is -0.377 e. The largest absolute Gasteiger partial charge is 0.416 e. The van der Waals surface area contributed by atoms with E-state index in [2.05, 4.69) is 36.1 Å². The van der Waals surface area contributed by atoms with E-state index in [0.717, 1.165) is 44.8 Å². The number of halogens is 4. The number of ether oxygens (including phenoxy) is 2. The smallest absolute Gasteiger partial charge is 0.377 e. The molecule has 16 heteroatoms. The van der Waals surface area contributed by atoms with E-state index in [1.54, 1.807) is 6.07 Å². The number of hydrogen-bond acceptors (Lipinski definition) is 9. The molecule has 4 rings (SSSR count). The van der Waals surface area contributed by atoms with Gasteiger partial charge in [0.25, 0.3) is 5.91 Å². The molecule has 0 aliphatic carbocycles. The number of nitrogens with zero attached hydrogens (tertiary/aromatic N) is 6. The Labute approximate surface area is 226 Å². The Kier molecular flexibility index (Phi) is 11.4. The maximum Gasteiger partial charge on any atom is 0.416 e. The monoisotopic (exact) mass is 568 g/mol. The van der Waals surface area contributed by atoms with E-state index in [-0.39, 0.29) is 43.0 Å². The van der Waals surface area contributed by atoms with Gasteiger partial charge in [-0.05, 0) is 37.1 Å². The molecule has 0 saturated carbocycles. The zero-order chi connectivity index (χ0) is 29.0. The standard InChI is InChI=1S/C20H20F4N8O2.C4H8O2/c1-25-19(34)16-11-32(31-29-16)10-13(21)2-3-14-4-5-17(30-28-14)27-18(33)9-15-8-12(6-7-26-15)20(22,23)24;1-2-6-4-3-5-1/h4-8,11,13H,2-3,9-10H2,1H3,(H,25,34)(H,27,30,33);1-4H2/t13-;/m1./s1. The zero-order valence-corrected chi connectivity index (χ0v) is 21.5. The summed E-state index contributed by atoms with van der Waals surface area (Å²) in [6.07, 6.45) is -3.48. The van der Waals surface area contributed by atoms with Crippen molar-refractivity contribution in [2.45, 2.75) is 38.2 Å². The lowest BCUT2D eigenvalue weighted by Crippen LogP contribution is -2.18. The molecule has 40 heavy (non-hydrogen) atoms. The predicted octanol–water partition coefficient (Wildman–Crippen LogP) is 2.03. The topological polar surface area (TPSA) is 146 Å². The number of carbonyl (C=O) groups excluding carboxylic acids is 2. The van der Waals surface area contributed by atoms with Gasteiger partial charge in [-0.2, -0.15) is 18.3 Å². The molecular formula is C24H28F4N8O4. The highest BCUT2D eigenvalue weighted by Crippen LogP contribution is 2.29. The van der Waals surface area contributed by atoms with Crippen LogP contribution in [0.5, 0.6) is 0 Å². The van der Waals surface area contributed by atoms with Crippen molar-refractivity contribution in [2.24, 2.45) is 0 Å². The minimum absolute atomic E-state index is 0.0410. The average molecular weight is 569 g/mol. The second-order valence-corrected chi connectivity index (χ2v) is 8.43. The Bertz CT molecular complexity index is 1220. The summed E-state index contributed by atoms with van der Waals surface area (Å²) in [5, 5.41) is 19.9. The van der Waals surface area contributed by atoms with Crippen molar-refractivity contribution in [1.29, 1.82) is 0 Å². The molecule has 4 heterocycles. The summed E-state index contributed by atoms with van der Waals surface area (Å²) >= 11 is 0. The van der Waals surface area contributed by atoms with Crippen molar-refractivity contribution in [3.63, 3.8) is 0 Å². The lowest BCUT2D eigenvalue weighted by Gasteiger charge is -2.09. The molecule has 3 aromatic rings. The Balaban J connectivity index is 0.000000649. The number of anilines is 1. The average Bonchev–Trinajstić information content (AvgIpc) is 3.41. The zero-order valence-electron chi connectivity index (χ0n) is 21.5. The molecule has 0 radical (unpaired) electrons. The van der Waals surface area contributed by atoms with Gasteiger partial charge in [0.05, 0.1) is 62.5 Å². The summed E-state index contributed by atoms with van der Waals surface area (Å²) in [6, 6.07) is 4.64. The molecule has 1 saturated heterocycles. The first-order valence-corrected chi connectivity index (χ1v) is 12.2. The van der Waals surface area contributed by atoms with Crippen LogP contribution in [0.25, 0.3) is 0 Å². The number of hydrogen-bond donors (Lipinski definition) is 2. The summed E-state index contributed by atoms with van der Waals surface area (Å²) in [4.78, 5) is 27.3. The van der Waals surface area contributed by atoms with Crippen molar-refractivity contribution < 1.29 is 36.6 Å². The molecule has 3 aromatic heterocycles. The van der Waals surface area contributed by atoms with E-state index in [1.807, 2.05) is 0 Å². The van der Waals surface area contributed by atoms with E-state index in [1.165, 1.54) is 24.0 Å². The van der Waals surface area contributed by atoms with E-state index >= 15 is 0 Å². The fourth-order valence-corrected chi connectivity index (χ4v) is 3.32. The third-order valence-corrected chi connectivity index (χ3v) is 5.31. The maximum atomic E-state index is 14.3. The normalized spacial score (nSPS) is 14.0. The summed E-state index contributed by atoms with van der Waals surface area (Å²) in [5.74, 6) is -0.932. The van der Waals surface area contributed by atoms with Crippen LogP contribution < -0.4 is 10.6 Å². The molecule has 0 aromatic carbocycles. The Morgan fingerprint density at radius 1 is 1.05 bits per heavy atom. The van der Waals surface area contributed by atoms with Crippen LogP contribution in [0.4, 0.5) is 23.4 Å². The molecule has 1 aliphatic heterocycles. The highest BCUT2D eigenvalue weighted by Gasteiger charge is 2.30. The Morgan fingerprint density at radius 3 is 2.38 bits per heavy atom. The number of rotatable bonds is 9. The van der Waals surface area contributed by atoms with Crippen LogP contribution in [0.1, 0.15) is 33.9 Å². The number of aryl methyl sites for hydroxylation is 1. The third-order valence-electron chi connectivity index (χ3n) is 5.31. The van der Waals surface area contributed by atoms with Gasteiger partial charge in [0.15, 0.2) is 11.5 Å². The van der Waals surface area contributed by atoms with Crippen LogP contribution >= 0.6 is 0 Å². The van der Waals surface area contributed by atoms with Gasteiger partial charge < -0.3 is 20.1 Å². The highest BCUT2D eigenvalue weighted by atomic mass is 19.4. The summed E-state index contributed by atoms with van der Waals surface area (Å²) in [6.45, 7) is 3.02. The van der Waals surface area contributed by atoms with Gasteiger partial charge in [-0.25, -0.2) is 9.07 Å². The van der Waals surface area contributed by atoms with Crippen molar-refractivity contribution in [3.8, 4) is 0 Å². The summed E-state index contributed by atoms with van der Waals surface area (Å²) < 4.78 is 63.7. The van der Waals surface area contributed by atoms with Gasteiger partial charge in [-0.1, -0.05) is 5.21 Å². The molecule has 1 atom stereocenters. The highest BCUT2D eigenvalue weighted by molar-refractivity contribution is 5.91. The molecular weight excluding hydrogens is 540 g/mol. The van der Waals surface area contributed by atoms with Crippen LogP contribution in [-0.2, 0) is 39.8 Å². The SMILES string of the molecule is C1COCCO1.CNC(=O)c1cn(C[C@H](F)CCc2ccc(NC(=O)Cc3cc(C(F)(F)F)ccn3)nn2)nn1. The number of nitrogens with one attached hydrogen (secondary N) is 2. The van der Waals surface area contributed by atoms with Gasteiger partial charge in [0.1, 0.15) is 6.17 Å². The molecule has 1 fully saturated rings. The fraction of sp³-hybridized carbons (Fsp3) is 0.458. The summed E-state index contributed by atoms with van der Waals surface area (Å²) in [7, 11) is 1.45. The molecule has 0 spiro atoms. The predicted molar refractivity (Wildman–Crippen MR) is 132 cm³/mol. The van der Waals surface area contributed by atoms with E-state index in [9.17, 15) is 27.2 Å². The number of amides is 2. The van der Waals surface area contributed by atoms with Gasteiger partial charge in [-0.15, -0.1) is 10.2 Å². The maximum absolute atomic E-state index is 14.3. The van der Waals surface area contributed by atoms with Crippen molar-refractivity contribution in [1.82, 2.24) is 35.5 Å². The quantitative estimate of drug-likeness (QED) is 0.370. The molecule has 12 nitrogen and oxygen atoms in total. The lowest BCUT2D eigenvalue weighted by atomic mass is 10.1. The number of aromatic nitrogens is 6. The number of carbonyl (C=O) groups is 2. The molecule has 0 bridgehead atoms. The first-order chi connectivity index (χ1) is 19.1. The lowest BCUT2D eigenvalue weighted by molar-refractivity contribution is -0.137. The second kappa shape index (κ2) is 14.9. The molecule has 1 aliphatic rings. The van der Waals surface area contributed by atoms with Crippen molar-refractivity contribution in [3.05, 3.63) is 59.3 Å². The van der Waals surface area contributed by atoms with E-state index < -0.39 is 29.7 Å². The molecule has 0 unspecified atom stereocenters. The minimum atomic E-state index is -4.53. The molecule has 216 valence electrons. The van der Waals surface area contributed by atoms with Crippen LogP contribution in [0.15, 0.2) is 36.7 Å². The van der Waals surface area contributed by atoms with Gasteiger partial charge in [0.2, 0.25) is 5.91 Å². The fourth-order valence-electron chi connectivity index (χ4n) is 3.32. The Morgan fingerprint density at radius 2 is 1.77 bits per heavy atom. The summed E-state index contributed by atoms with van der Waals surface area (Å²) in [5.41, 5.74) is -0.371. The first-order valence-electron chi connectivity index (χ1n) is 12.2. The van der Waals surface area contributed by atoms with Gasteiger partial charge in [0, 0.05) is 13.2 Å². The number of alkyl halides is 4. The van der Waals surface area contributed by atoms with Crippen LogP contribution in [0.3, 0.4) is 0 Å². The second-order valence-electron chi connectivity index (χ2n) is 8.43. The number of pyridine rings is 1. The Hall–Kier alpha value is -4.05. The third kappa shape index (κ3) is 10.3. The van der Waals surface area contributed by atoms with Gasteiger partial charge >= 0.3 is 6.18 Å². The van der Waals surface area contributed by atoms with Crippen molar-refractivity contribution in [2.75, 3.05) is 38.8 Å². The van der Waals surface area contributed by atoms with Crippen LogP contribution in [-0.4, -0.2) is 81.6 Å². The van der Waals surface area contributed by atoms with Crippen molar-refractivity contribution >= 4 is 17.6 Å². The van der Waals surface area contributed by atoms with Gasteiger partial charge in [-0.3, -0.25) is 14.6 Å². The van der Waals surface area contributed by atoms with E-state index in [0.29, 0.717) is 5.69 Å². The van der Waals surface area contributed by atoms with Crippen LogP contribution in [0, 0.1) is 0 Å². The van der Waals surface area contributed by atoms with E-state index in [4.69, 9.17) is 9.47 Å². The molecule has 2 N–H and O–H groups in total.